The van der Waals surface area contributed by atoms with Crippen LogP contribution in [-0.2, 0) is 10.0 Å². The van der Waals surface area contributed by atoms with Crippen LogP contribution in [0.25, 0.3) is 0 Å². The Morgan fingerprint density at radius 2 is 2.07 bits per heavy atom. The standard InChI is InChI=1S/C20H26FN5O3S/c1-13(2)23-19(27)17-11-22-20(25(3)4)24-18(17)14-8-9-26(12-14)30(28,29)16-7-5-6-15(21)10-16/h5-7,10-11,13-14H,8-9,12H2,1-4H3,(H,23,27). The highest BCUT2D eigenvalue weighted by Gasteiger charge is 2.36. The van der Waals surface area contributed by atoms with Crippen LogP contribution in [0.1, 0.15) is 42.2 Å². The predicted octanol–water partition coefficient (Wildman–Crippen LogP) is 2.00. The van der Waals surface area contributed by atoms with Crippen LogP contribution in [-0.4, -0.2) is 61.8 Å². The Labute approximate surface area is 176 Å². The quantitative estimate of drug-likeness (QED) is 0.746. The number of carbonyl (C=O) groups is 1. The van der Waals surface area contributed by atoms with E-state index in [0.717, 1.165) is 6.07 Å². The summed E-state index contributed by atoms with van der Waals surface area (Å²) in [5, 5.41) is 2.84. The summed E-state index contributed by atoms with van der Waals surface area (Å²) in [4.78, 5) is 23.1. The molecule has 162 valence electrons. The van der Waals surface area contributed by atoms with E-state index in [2.05, 4.69) is 15.3 Å². The van der Waals surface area contributed by atoms with Gasteiger partial charge in [-0.2, -0.15) is 4.31 Å². The minimum Gasteiger partial charge on any atom is -0.350 e. The number of nitrogens with one attached hydrogen (secondary N) is 1. The summed E-state index contributed by atoms with van der Waals surface area (Å²) in [5.41, 5.74) is 0.855. The van der Waals surface area contributed by atoms with Gasteiger partial charge in [0.1, 0.15) is 5.82 Å². The molecule has 10 heteroatoms. The van der Waals surface area contributed by atoms with Crippen molar-refractivity contribution in [1.82, 2.24) is 19.6 Å². The van der Waals surface area contributed by atoms with Crippen molar-refractivity contribution in [1.29, 1.82) is 0 Å². The lowest BCUT2D eigenvalue weighted by Crippen LogP contribution is -2.32. The third-order valence-corrected chi connectivity index (χ3v) is 6.70. The molecule has 1 aliphatic heterocycles. The van der Waals surface area contributed by atoms with Crippen molar-refractivity contribution in [2.45, 2.75) is 37.1 Å². The van der Waals surface area contributed by atoms with Crippen molar-refractivity contribution in [2.24, 2.45) is 0 Å². The maximum Gasteiger partial charge on any atom is 0.254 e. The second-order valence-electron chi connectivity index (χ2n) is 7.80. The molecule has 1 aromatic carbocycles. The molecule has 1 unspecified atom stereocenters. The van der Waals surface area contributed by atoms with Crippen LogP contribution < -0.4 is 10.2 Å². The number of nitrogens with zero attached hydrogens (tertiary/aromatic N) is 4. The zero-order valence-corrected chi connectivity index (χ0v) is 18.3. The van der Waals surface area contributed by atoms with Gasteiger partial charge in [0, 0.05) is 45.3 Å². The van der Waals surface area contributed by atoms with Gasteiger partial charge in [-0.25, -0.2) is 22.8 Å². The number of carbonyl (C=O) groups excluding carboxylic acids is 1. The molecule has 2 heterocycles. The molecule has 0 aliphatic carbocycles. The van der Waals surface area contributed by atoms with Crippen molar-refractivity contribution >= 4 is 21.9 Å². The van der Waals surface area contributed by atoms with E-state index in [4.69, 9.17) is 0 Å². The summed E-state index contributed by atoms with van der Waals surface area (Å²) >= 11 is 0. The van der Waals surface area contributed by atoms with Crippen LogP contribution in [0.2, 0.25) is 0 Å². The van der Waals surface area contributed by atoms with Gasteiger partial charge in [0.15, 0.2) is 0 Å². The van der Waals surface area contributed by atoms with Gasteiger partial charge in [-0.05, 0) is 38.5 Å². The first-order chi connectivity index (χ1) is 14.1. The van der Waals surface area contributed by atoms with Crippen LogP contribution >= 0.6 is 0 Å². The molecule has 30 heavy (non-hydrogen) atoms. The molecule has 0 saturated carbocycles. The minimum absolute atomic E-state index is 0.0627. The van der Waals surface area contributed by atoms with E-state index in [-0.39, 0.29) is 35.9 Å². The molecule has 0 radical (unpaired) electrons. The number of hydrogen-bond acceptors (Lipinski definition) is 6. The fourth-order valence-corrected chi connectivity index (χ4v) is 4.91. The van der Waals surface area contributed by atoms with Gasteiger partial charge in [-0.15, -0.1) is 0 Å². The predicted molar refractivity (Wildman–Crippen MR) is 111 cm³/mol. The minimum atomic E-state index is -3.84. The molecule has 1 N–H and O–H groups in total. The lowest BCUT2D eigenvalue weighted by molar-refractivity contribution is 0.0941. The number of hydrogen-bond donors (Lipinski definition) is 1. The van der Waals surface area contributed by atoms with E-state index < -0.39 is 15.8 Å². The van der Waals surface area contributed by atoms with Gasteiger partial charge < -0.3 is 10.2 Å². The zero-order valence-electron chi connectivity index (χ0n) is 17.5. The second kappa shape index (κ2) is 8.65. The number of anilines is 1. The van der Waals surface area contributed by atoms with Gasteiger partial charge in [-0.3, -0.25) is 4.79 Å². The van der Waals surface area contributed by atoms with E-state index in [9.17, 15) is 17.6 Å². The third-order valence-electron chi connectivity index (χ3n) is 4.84. The Bertz CT molecular complexity index is 1040. The molecular weight excluding hydrogens is 409 g/mol. The van der Waals surface area contributed by atoms with Crippen LogP contribution in [0.3, 0.4) is 0 Å². The maximum absolute atomic E-state index is 13.5. The largest absolute Gasteiger partial charge is 0.350 e. The van der Waals surface area contributed by atoms with E-state index in [1.807, 2.05) is 13.8 Å². The monoisotopic (exact) mass is 435 g/mol. The van der Waals surface area contributed by atoms with Crippen LogP contribution in [0.5, 0.6) is 0 Å². The van der Waals surface area contributed by atoms with E-state index in [1.54, 1.807) is 19.0 Å². The van der Waals surface area contributed by atoms with Crippen molar-refractivity contribution in [3.63, 3.8) is 0 Å². The molecule has 1 amide bonds. The fraction of sp³-hybridized carbons (Fsp3) is 0.450. The lowest BCUT2D eigenvalue weighted by atomic mass is 9.99. The molecule has 0 spiro atoms. The Kier molecular flexibility index (Phi) is 6.37. The van der Waals surface area contributed by atoms with Crippen LogP contribution in [0.15, 0.2) is 35.4 Å². The topological polar surface area (TPSA) is 95.5 Å². The first-order valence-corrected chi connectivity index (χ1v) is 11.1. The van der Waals surface area contributed by atoms with Crippen LogP contribution in [0.4, 0.5) is 10.3 Å². The summed E-state index contributed by atoms with van der Waals surface area (Å²) in [6.07, 6.45) is 1.99. The van der Waals surface area contributed by atoms with Gasteiger partial charge in [0.05, 0.1) is 16.2 Å². The van der Waals surface area contributed by atoms with Gasteiger partial charge in [0.2, 0.25) is 16.0 Å². The highest BCUT2D eigenvalue weighted by molar-refractivity contribution is 7.89. The Balaban J connectivity index is 1.92. The summed E-state index contributed by atoms with van der Waals surface area (Å²) in [7, 11) is -0.254. The number of sulfonamides is 1. The van der Waals surface area contributed by atoms with Crippen molar-refractivity contribution < 1.29 is 17.6 Å². The number of aromatic nitrogens is 2. The molecule has 8 nitrogen and oxygen atoms in total. The zero-order chi connectivity index (χ0) is 22.1. The van der Waals surface area contributed by atoms with Gasteiger partial charge >= 0.3 is 0 Å². The average molecular weight is 436 g/mol. The number of amides is 1. The van der Waals surface area contributed by atoms with E-state index in [1.165, 1.54) is 28.7 Å². The first kappa shape index (κ1) is 22.1. The molecule has 1 fully saturated rings. The maximum atomic E-state index is 13.5. The highest BCUT2D eigenvalue weighted by atomic mass is 32.2. The summed E-state index contributed by atoms with van der Waals surface area (Å²) in [6.45, 7) is 4.13. The Morgan fingerprint density at radius 3 is 2.70 bits per heavy atom. The summed E-state index contributed by atoms with van der Waals surface area (Å²) < 4.78 is 40.7. The van der Waals surface area contributed by atoms with Crippen molar-refractivity contribution in [3.8, 4) is 0 Å². The highest BCUT2D eigenvalue weighted by Crippen LogP contribution is 2.32. The normalized spacial score (nSPS) is 17.3. The molecule has 1 atom stereocenters. The molecule has 2 aromatic rings. The third kappa shape index (κ3) is 4.59. The number of halogens is 1. The molecule has 1 saturated heterocycles. The lowest BCUT2D eigenvalue weighted by Gasteiger charge is -2.19. The van der Waals surface area contributed by atoms with Gasteiger partial charge in [-0.1, -0.05) is 6.07 Å². The fourth-order valence-electron chi connectivity index (χ4n) is 3.37. The first-order valence-electron chi connectivity index (χ1n) is 9.70. The molecule has 1 aliphatic rings. The van der Waals surface area contributed by atoms with E-state index >= 15 is 0 Å². The average Bonchev–Trinajstić information content (AvgIpc) is 3.18. The molecule has 1 aromatic heterocycles. The molecular formula is C20H26FN5O3S. The smallest absolute Gasteiger partial charge is 0.254 e. The van der Waals surface area contributed by atoms with Gasteiger partial charge in [0.25, 0.3) is 5.91 Å². The number of benzene rings is 1. The summed E-state index contributed by atoms with van der Waals surface area (Å²) in [6, 6.07) is 4.90. The molecule has 3 rings (SSSR count). The summed E-state index contributed by atoms with van der Waals surface area (Å²) in [5.74, 6) is -0.733. The van der Waals surface area contributed by atoms with E-state index in [0.29, 0.717) is 23.6 Å². The van der Waals surface area contributed by atoms with Crippen LogP contribution in [0, 0.1) is 5.82 Å². The number of rotatable bonds is 6. The SMILES string of the molecule is CC(C)NC(=O)c1cnc(N(C)C)nc1C1CCN(S(=O)(=O)c2cccc(F)c2)C1. The second-order valence-corrected chi connectivity index (χ2v) is 9.74. The Morgan fingerprint density at radius 1 is 1.33 bits per heavy atom. The molecule has 0 bridgehead atoms. The Hall–Kier alpha value is -2.59. The van der Waals surface area contributed by atoms with Crippen molar-refractivity contribution in [2.75, 3.05) is 32.1 Å². The van der Waals surface area contributed by atoms with Crippen molar-refractivity contribution in [3.05, 3.63) is 47.5 Å².